The number of hydrogen-bond acceptors (Lipinski definition) is 4. The Morgan fingerprint density at radius 1 is 1.24 bits per heavy atom. The zero-order valence-electron chi connectivity index (χ0n) is 10.4. The topological polar surface area (TPSA) is 79.1 Å². The number of hydrogen-bond donors (Lipinski definition) is 2. The SMILES string of the molecule is O=c1[nH]c(-c2occc2Br)nc(O)c1-c1ccc(F)cc1. The molecule has 5 nitrogen and oxygen atoms in total. The van der Waals surface area contributed by atoms with E-state index in [0.717, 1.165) is 0 Å². The number of benzene rings is 1. The minimum Gasteiger partial charge on any atom is -0.493 e. The second-order valence-electron chi connectivity index (χ2n) is 4.22. The summed E-state index contributed by atoms with van der Waals surface area (Å²) in [7, 11) is 0. The van der Waals surface area contributed by atoms with Gasteiger partial charge in [-0.15, -0.1) is 0 Å². The lowest BCUT2D eigenvalue weighted by Crippen LogP contribution is -2.12. The van der Waals surface area contributed by atoms with E-state index in [1.807, 2.05) is 0 Å². The van der Waals surface area contributed by atoms with E-state index in [9.17, 15) is 14.3 Å². The summed E-state index contributed by atoms with van der Waals surface area (Å²) in [5.74, 6) is -0.490. The van der Waals surface area contributed by atoms with Gasteiger partial charge in [0, 0.05) is 0 Å². The van der Waals surface area contributed by atoms with Crippen molar-refractivity contribution in [1.29, 1.82) is 0 Å². The van der Waals surface area contributed by atoms with Gasteiger partial charge in [0.15, 0.2) is 11.6 Å². The molecule has 0 spiro atoms. The predicted molar refractivity (Wildman–Crippen MR) is 77.3 cm³/mol. The van der Waals surface area contributed by atoms with E-state index in [1.165, 1.54) is 30.5 Å². The van der Waals surface area contributed by atoms with E-state index in [-0.39, 0.29) is 11.4 Å². The predicted octanol–water partition coefficient (Wildman–Crippen LogP) is 3.30. The minimum atomic E-state index is -0.549. The molecule has 3 rings (SSSR count). The second kappa shape index (κ2) is 5.17. The Hall–Kier alpha value is -2.41. The molecule has 2 N–H and O–H groups in total. The highest BCUT2D eigenvalue weighted by Gasteiger charge is 2.16. The molecule has 106 valence electrons. The molecule has 7 heteroatoms. The molecule has 2 heterocycles. The summed E-state index contributed by atoms with van der Waals surface area (Å²) in [4.78, 5) is 18.6. The van der Waals surface area contributed by atoms with Crippen molar-refractivity contribution in [3.05, 3.63) is 57.2 Å². The Kier molecular flexibility index (Phi) is 3.34. The lowest BCUT2D eigenvalue weighted by Gasteiger charge is -2.05. The fourth-order valence-electron chi connectivity index (χ4n) is 1.91. The molecule has 21 heavy (non-hydrogen) atoms. The van der Waals surface area contributed by atoms with Crippen molar-refractivity contribution in [3.63, 3.8) is 0 Å². The first-order chi connectivity index (χ1) is 10.1. The average molecular weight is 351 g/mol. The molecular formula is C14H8BrFN2O3. The van der Waals surface area contributed by atoms with Gasteiger partial charge in [0.05, 0.1) is 10.7 Å². The summed E-state index contributed by atoms with van der Waals surface area (Å²) in [5, 5.41) is 10.0. The van der Waals surface area contributed by atoms with Gasteiger partial charge in [0.25, 0.3) is 5.56 Å². The normalized spacial score (nSPS) is 10.8. The van der Waals surface area contributed by atoms with Crippen molar-refractivity contribution < 1.29 is 13.9 Å². The van der Waals surface area contributed by atoms with Crippen LogP contribution in [0, 0.1) is 5.82 Å². The molecule has 1 aromatic carbocycles. The monoisotopic (exact) mass is 350 g/mol. The van der Waals surface area contributed by atoms with E-state index >= 15 is 0 Å². The van der Waals surface area contributed by atoms with E-state index in [1.54, 1.807) is 6.07 Å². The van der Waals surface area contributed by atoms with Gasteiger partial charge in [0.2, 0.25) is 5.88 Å². The standard InChI is InChI=1S/C14H8BrFN2O3/c15-9-5-6-21-11(9)12-17-13(19)10(14(20)18-12)7-1-3-8(16)4-2-7/h1-6H,(H2,17,18,19,20). The van der Waals surface area contributed by atoms with Crippen LogP contribution in [0.4, 0.5) is 4.39 Å². The molecule has 0 aliphatic carbocycles. The van der Waals surface area contributed by atoms with Crippen molar-refractivity contribution in [2.75, 3.05) is 0 Å². The van der Waals surface area contributed by atoms with E-state index in [4.69, 9.17) is 4.42 Å². The Labute approximate surface area is 126 Å². The largest absolute Gasteiger partial charge is 0.493 e. The first kappa shape index (κ1) is 13.6. The number of halogens is 2. The van der Waals surface area contributed by atoms with E-state index < -0.39 is 17.3 Å². The van der Waals surface area contributed by atoms with Crippen LogP contribution < -0.4 is 5.56 Å². The third kappa shape index (κ3) is 2.47. The molecule has 0 aliphatic rings. The third-order valence-electron chi connectivity index (χ3n) is 2.87. The van der Waals surface area contributed by atoms with Gasteiger partial charge in [-0.2, -0.15) is 4.98 Å². The van der Waals surface area contributed by atoms with Gasteiger partial charge in [-0.25, -0.2) is 4.39 Å². The molecule has 0 amide bonds. The van der Waals surface area contributed by atoms with E-state index in [2.05, 4.69) is 25.9 Å². The molecule has 3 aromatic rings. The quantitative estimate of drug-likeness (QED) is 0.743. The maximum atomic E-state index is 12.9. The van der Waals surface area contributed by atoms with Gasteiger partial charge in [0.1, 0.15) is 11.4 Å². The Morgan fingerprint density at radius 3 is 2.52 bits per heavy atom. The fraction of sp³-hybridized carbons (Fsp3) is 0. The average Bonchev–Trinajstić information content (AvgIpc) is 2.86. The molecule has 0 aliphatic heterocycles. The maximum Gasteiger partial charge on any atom is 0.263 e. The second-order valence-corrected chi connectivity index (χ2v) is 5.07. The first-order valence-corrected chi connectivity index (χ1v) is 6.68. The van der Waals surface area contributed by atoms with Crippen molar-refractivity contribution >= 4 is 15.9 Å². The molecule has 2 aromatic heterocycles. The molecular weight excluding hydrogens is 343 g/mol. The smallest absolute Gasteiger partial charge is 0.263 e. The van der Waals surface area contributed by atoms with Crippen LogP contribution in [0.25, 0.3) is 22.7 Å². The molecule has 0 fully saturated rings. The van der Waals surface area contributed by atoms with Crippen molar-refractivity contribution in [1.82, 2.24) is 9.97 Å². The Balaban J connectivity index is 2.15. The number of aromatic nitrogens is 2. The van der Waals surface area contributed by atoms with Crippen LogP contribution in [0.1, 0.15) is 0 Å². The van der Waals surface area contributed by atoms with Crippen molar-refractivity contribution in [3.8, 4) is 28.6 Å². The molecule has 0 saturated heterocycles. The van der Waals surface area contributed by atoms with Gasteiger partial charge in [-0.05, 0) is 39.7 Å². The van der Waals surface area contributed by atoms with Crippen LogP contribution in [0.2, 0.25) is 0 Å². The number of nitrogens with one attached hydrogen (secondary N) is 1. The Bertz CT molecular complexity index is 855. The summed E-state index contributed by atoms with van der Waals surface area (Å²) in [5.41, 5.74) is -0.207. The number of rotatable bonds is 2. The third-order valence-corrected chi connectivity index (χ3v) is 3.49. The van der Waals surface area contributed by atoms with Crippen LogP contribution in [0.15, 0.2) is 50.3 Å². The minimum absolute atomic E-state index is 0.0265. The molecule has 0 radical (unpaired) electrons. The van der Waals surface area contributed by atoms with Gasteiger partial charge < -0.3 is 14.5 Å². The van der Waals surface area contributed by atoms with Crippen LogP contribution >= 0.6 is 15.9 Å². The zero-order valence-corrected chi connectivity index (χ0v) is 12.0. The summed E-state index contributed by atoms with van der Waals surface area (Å²) in [6, 6.07) is 6.82. The van der Waals surface area contributed by atoms with Crippen molar-refractivity contribution in [2.24, 2.45) is 0 Å². The molecule has 0 bridgehead atoms. The van der Waals surface area contributed by atoms with Crippen LogP contribution in [-0.4, -0.2) is 15.1 Å². The molecule has 0 unspecified atom stereocenters. The highest BCUT2D eigenvalue weighted by atomic mass is 79.9. The summed E-state index contributed by atoms with van der Waals surface area (Å²) in [6.45, 7) is 0. The maximum absolute atomic E-state index is 12.9. The molecule has 0 saturated carbocycles. The van der Waals surface area contributed by atoms with E-state index in [0.29, 0.717) is 15.8 Å². The first-order valence-electron chi connectivity index (χ1n) is 5.89. The lowest BCUT2D eigenvalue weighted by atomic mass is 10.1. The fourth-order valence-corrected chi connectivity index (χ4v) is 2.30. The van der Waals surface area contributed by atoms with Crippen molar-refractivity contribution in [2.45, 2.75) is 0 Å². The van der Waals surface area contributed by atoms with Gasteiger partial charge >= 0.3 is 0 Å². The highest BCUT2D eigenvalue weighted by molar-refractivity contribution is 9.10. The number of nitrogens with zero attached hydrogens (tertiary/aromatic N) is 1. The molecule has 0 atom stereocenters. The highest BCUT2D eigenvalue weighted by Crippen LogP contribution is 2.29. The van der Waals surface area contributed by atoms with Crippen LogP contribution in [-0.2, 0) is 0 Å². The van der Waals surface area contributed by atoms with Gasteiger partial charge in [-0.1, -0.05) is 12.1 Å². The number of aromatic hydroxyl groups is 1. The summed E-state index contributed by atoms with van der Waals surface area (Å²) < 4.78 is 18.7. The lowest BCUT2D eigenvalue weighted by molar-refractivity contribution is 0.452. The zero-order chi connectivity index (χ0) is 15.0. The summed E-state index contributed by atoms with van der Waals surface area (Å²) in [6.07, 6.45) is 1.42. The van der Waals surface area contributed by atoms with Gasteiger partial charge in [-0.3, -0.25) is 4.79 Å². The summed E-state index contributed by atoms with van der Waals surface area (Å²) >= 11 is 3.24. The van der Waals surface area contributed by atoms with Crippen LogP contribution in [0.5, 0.6) is 5.88 Å². The number of H-pyrrole nitrogens is 1. The number of furan rings is 1. The van der Waals surface area contributed by atoms with Crippen LogP contribution in [0.3, 0.4) is 0 Å². The number of aromatic amines is 1. The Morgan fingerprint density at radius 2 is 1.95 bits per heavy atom.